The number of ether oxygens (including phenoxy) is 3. The van der Waals surface area contributed by atoms with E-state index in [9.17, 15) is 29.3 Å². The molecule has 0 unspecified atom stereocenters. The summed E-state index contributed by atoms with van der Waals surface area (Å²) >= 11 is 0. The van der Waals surface area contributed by atoms with Crippen LogP contribution in [0.3, 0.4) is 0 Å². The van der Waals surface area contributed by atoms with Crippen LogP contribution >= 0.6 is 0 Å². The summed E-state index contributed by atoms with van der Waals surface area (Å²) in [6.45, 7) is 0.0943. The smallest absolute Gasteiger partial charge is 0.411 e. The maximum absolute atomic E-state index is 13.9. The van der Waals surface area contributed by atoms with Crippen molar-refractivity contribution >= 4 is 29.6 Å². The molecule has 3 aromatic carbocycles. The zero-order chi connectivity index (χ0) is 30.9. The zero-order valence-corrected chi connectivity index (χ0v) is 23.6. The SMILES string of the molecule is COC(=O)C[C@@H](c1ccc([N+](=O)[O-])cc1)[C@@H](NC(=O)[C@@H]1Cc2ccccc2CN1C(=O)OCc1ccccc1)C(=O)OC. The summed E-state index contributed by atoms with van der Waals surface area (Å²) in [5.41, 5.74) is 2.64. The van der Waals surface area contributed by atoms with Gasteiger partial charge in [-0.1, -0.05) is 66.7 Å². The number of carbonyl (C=O) groups excluding carboxylic acids is 4. The number of fused-ring (bicyclic) bond motifs is 1. The third kappa shape index (κ3) is 7.53. The van der Waals surface area contributed by atoms with Gasteiger partial charge in [0.1, 0.15) is 18.7 Å². The fourth-order valence-electron chi connectivity index (χ4n) is 4.99. The molecule has 12 nitrogen and oxygen atoms in total. The first-order valence-electron chi connectivity index (χ1n) is 13.4. The average Bonchev–Trinajstić information content (AvgIpc) is 3.04. The normalized spacial score (nSPS) is 15.3. The minimum absolute atomic E-state index is 0.00169. The summed E-state index contributed by atoms with van der Waals surface area (Å²) in [4.78, 5) is 64.5. The number of non-ortho nitro benzene ring substituents is 1. The van der Waals surface area contributed by atoms with Gasteiger partial charge in [-0.05, 0) is 22.3 Å². The van der Waals surface area contributed by atoms with Crippen LogP contribution in [0.25, 0.3) is 0 Å². The van der Waals surface area contributed by atoms with Gasteiger partial charge < -0.3 is 19.5 Å². The van der Waals surface area contributed by atoms with E-state index in [0.717, 1.165) is 23.8 Å². The number of rotatable bonds is 10. The molecule has 1 heterocycles. The number of nitrogens with zero attached hydrogens (tertiary/aromatic N) is 2. The van der Waals surface area contributed by atoms with E-state index in [1.807, 2.05) is 54.6 Å². The molecule has 224 valence electrons. The third-order valence-corrected chi connectivity index (χ3v) is 7.29. The Hall–Kier alpha value is -5.26. The molecule has 0 saturated carbocycles. The number of hydrogen-bond donors (Lipinski definition) is 1. The summed E-state index contributed by atoms with van der Waals surface area (Å²) in [5.74, 6) is -3.20. The van der Waals surface area contributed by atoms with Crippen molar-refractivity contribution in [2.45, 2.75) is 44.0 Å². The molecule has 3 atom stereocenters. The minimum Gasteiger partial charge on any atom is -0.469 e. The molecule has 0 aliphatic carbocycles. The van der Waals surface area contributed by atoms with E-state index < -0.39 is 46.9 Å². The van der Waals surface area contributed by atoms with Crippen LogP contribution in [0, 0.1) is 10.1 Å². The maximum Gasteiger partial charge on any atom is 0.411 e. The highest BCUT2D eigenvalue weighted by atomic mass is 16.6. The molecule has 0 aromatic heterocycles. The monoisotopic (exact) mass is 589 g/mol. The van der Waals surface area contributed by atoms with Gasteiger partial charge in [0.15, 0.2) is 0 Å². The predicted octanol–water partition coefficient (Wildman–Crippen LogP) is 3.66. The van der Waals surface area contributed by atoms with Crippen LogP contribution in [0.5, 0.6) is 0 Å². The number of carbonyl (C=O) groups is 4. The molecule has 1 aliphatic heterocycles. The molecule has 0 spiro atoms. The third-order valence-electron chi connectivity index (χ3n) is 7.29. The molecular formula is C31H31N3O9. The Kier molecular flexibility index (Phi) is 10.0. The first kappa shape index (κ1) is 30.7. The van der Waals surface area contributed by atoms with Gasteiger partial charge in [-0.25, -0.2) is 9.59 Å². The van der Waals surface area contributed by atoms with Crippen LogP contribution in [0.2, 0.25) is 0 Å². The van der Waals surface area contributed by atoms with Crippen molar-refractivity contribution in [3.63, 3.8) is 0 Å². The lowest BCUT2D eigenvalue weighted by Gasteiger charge is -2.36. The van der Waals surface area contributed by atoms with Crippen LogP contribution in [0.1, 0.15) is 34.6 Å². The number of hydrogen-bond acceptors (Lipinski definition) is 9. The number of methoxy groups -OCH3 is 2. The largest absolute Gasteiger partial charge is 0.469 e. The van der Waals surface area contributed by atoms with Crippen molar-refractivity contribution < 1.29 is 38.3 Å². The second-order valence-corrected chi connectivity index (χ2v) is 9.90. The molecule has 0 radical (unpaired) electrons. The Labute approximate surface area is 247 Å². The van der Waals surface area contributed by atoms with Crippen LogP contribution in [-0.4, -0.2) is 60.1 Å². The van der Waals surface area contributed by atoms with E-state index in [1.165, 1.54) is 36.3 Å². The second-order valence-electron chi connectivity index (χ2n) is 9.90. The quantitative estimate of drug-likeness (QED) is 0.161. The molecule has 3 aromatic rings. The van der Waals surface area contributed by atoms with Gasteiger partial charge in [-0.3, -0.25) is 24.6 Å². The molecule has 43 heavy (non-hydrogen) atoms. The lowest BCUT2D eigenvalue weighted by molar-refractivity contribution is -0.384. The highest BCUT2D eigenvalue weighted by Gasteiger charge is 2.40. The molecule has 12 heteroatoms. The van der Waals surface area contributed by atoms with E-state index in [4.69, 9.17) is 14.2 Å². The molecule has 4 rings (SSSR count). The van der Waals surface area contributed by atoms with Crippen LogP contribution in [-0.2, 0) is 48.2 Å². The van der Waals surface area contributed by atoms with Gasteiger partial charge in [-0.15, -0.1) is 0 Å². The summed E-state index contributed by atoms with van der Waals surface area (Å²) in [6, 6.07) is 19.3. The molecular weight excluding hydrogens is 558 g/mol. The molecule has 0 fully saturated rings. The van der Waals surface area contributed by atoms with Crippen molar-refractivity contribution in [1.82, 2.24) is 10.2 Å². The predicted molar refractivity (Wildman–Crippen MR) is 153 cm³/mol. The Morgan fingerprint density at radius 1 is 0.930 bits per heavy atom. The number of benzene rings is 3. The summed E-state index contributed by atoms with van der Waals surface area (Å²) in [7, 11) is 2.32. The van der Waals surface area contributed by atoms with Crippen LogP contribution in [0.4, 0.5) is 10.5 Å². The Morgan fingerprint density at radius 2 is 1.58 bits per heavy atom. The summed E-state index contributed by atoms with van der Waals surface area (Å²) in [6.07, 6.45) is -0.908. The maximum atomic E-state index is 13.9. The Bertz CT molecular complexity index is 1480. The van der Waals surface area contributed by atoms with Crippen LogP contribution < -0.4 is 5.32 Å². The summed E-state index contributed by atoms with van der Waals surface area (Å²) < 4.78 is 15.3. The standard InChI is InChI=1S/C31H31N3O9/c1-41-27(35)17-25(21-12-14-24(15-13-21)34(39)40)28(30(37)42-2)32-29(36)26-16-22-10-6-7-11-23(22)18-33(26)31(38)43-19-20-8-4-3-5-9-20/h3-15,25-26,28H,16-19H2,1-2H3,(H,32,36)/t25-,26-,28+/m0/s1. The molecule has 1 aliphatic rings. The lowest BCUT2D eigenvalue weighted by Crippen LogP contribution is -2.57. The lowest BCUT2D eigenvalue weighted by atomic mass is 9.87. The first-order valence-corrected chi connectivity index (χ1v) is 13.4. The first-order chi connectivity index (χ1) is 20.7. The van der Waals surface area contributed by atoms with Crippen molar-refractivity contribution in [2.75, 3.05) is 14.2 Å². The Morgan fingerprint density at radius 3 is 2.21 bits per heavy atom. The van der Waals surface area contributed by atoms with Crippen molar-refractivity contribution in [1.29, 1.82) is 0 Å². The highest BCUT2D eigenvalue weighted by molar-refractivity contribution is 5.91. The van der Waals surface area contributed by atoms with Crippen molar-refractivity contribution in [3.8, 4) is 0 Å². The molecule has 2 amide bonds. The van der Waals surface area contributed by atoms with Gasteiger partial charge in [0.05, 0.1) is 32.1 Å². The van der Waals surface area contributed by atoms with Crippen molar-refractivity contribution in [2.24, 2.45) is 0 Å². The van der Waals surface area contributed by atoms with Crippen molar-refractivity contribution in [3.05, 3.63) is 111 Å². The fourth-order valence-corrected chi connectivity index (χ4v) is 4.99. The van der Waals surface area contributed by atoms with E-state index in [-0.39, 0.29) is 31.7 Å². The molecule has 0 bridgehead atoms. The number of amides is 2. The highest BCUT2D eigenvalue weighted by Crippen LogP contribution is 2.29. The van der Waals surface area contributed by atoms with Gasteiger partial charge in [0.2, 0.25) is 5.91 Å². The Balaban J connectivity index is 1.63. The van der Waals surface area contributed by atoms with E-state index in [1.54, 1.807) is 0 Å². The van der Waals surface area contributed by atoms with E-state index >= 15 is 0 Å². The van der Waals surface area contributed by atoms with Gasteiger partial charge >= 0.3 is 18.0 Å². The number of nitro benzene ring substituents is 1. The number of nitro groups is 1. The average molecular weight is 590 g/mol. The zero-order valence-electron chi connectivity index (χ0n) is 23.6. The number of esters is 2. The van der Waals surface area contributed by atoms with Gasteiger partial charge in [0, 0.05) is 24.5 Å². The molecule has 1 N–H and O–H groups in total. The minimum atomic E-state index is -1.39. The fraction of sp³-hybridized carbons (Fsp3) is 0.290. The topological polar surface area (TPSA) is 154 Å². The second kappa shape index (κ2) is 14.1. The molecule has 0 saturated heterocycles. The van der Waals surface area contributed by atoms with Gasteiger partial charge in [0.25, 0.3) is 5.69 Å². The van der Waals surface area contributed by atoms with E-state index in [0.29, 0.717) is 5.56 Å². The van der Waals surface area contributed by atoms with Gasteiger partial charge in [-0.2, -0.15) is 0 Å². The van der Waals surface area contributed by atoms with Crippen LogP contribution in [0.15, 0.2) is 78.9 Å². The van der Waals surface area contributed by atoms with E-state index in [2.05, 4.69) is 5.32 Å². The summed E-state index contributed by atoms with van der Waals surface area (Å²) in [5, 5.41) is 13.9. The number of nitrogens with one attached hydrogen (secondary N) is 1.